The molecule has 0 bridgehead atoms. The molecule has 0 aromatic heterocycles. The molecular formula is C66H36Au2N3O6S3+3. The first kappa shape index (κ1) is 61.5. The van der Waals surface area contributed by atoms with Gasteiger partial charge in [0, 0.05) is 51.6 Å². The summed E-state index contributed by atoms with van der Waals surface area (Å²) >= 11 is 16.1. The molecular weight excluding hydrogens is 1420 g/mol. The smallest absolute Gasteiger partial charge is 0.779 e. The summed E-state index contributed by atoms with van der Waals surface area (Å²) in [6.45, 7) is 0. The number of nitro groups is 3. The van der Waals surface area contributed by atoms with Crippen LogP contribution in [0.3, 0.4) is 0 Å². The van der Waals surface area contributed by atoms with E-state index in [1.807, 2.05) is 127 Å². The Hall–Kier alpha value is -9.32. The van der Waals surface area contributed by atoms with Gasteiger partial charge in [-0.15, -0.1) is 38.5 Å². The molecule has 0 fully saturated rings. The number of rotatable bonds is 9. The van der Waals surface area contributed by atoms with Crippen molar-refractivity contribution in [1.29, 1.82) is 0 Å². The number of hydrogen-bond acceptors (Lipinski definition) is 9. The molecule has 0 amide bonds. The molecule has 0 saturated heterocycles. The predicted octanol–water partition coefficient (Wildman–Crippen LogP) is 14.4. The number of benzene rings is 9. The molecule has 388 valence electrons. The summed E-state index contributed by atoms with van der Waals surface area (Å²) < 4.78 is 0. The van der Waals surface area contributed by atoms with Gasteiger partial charge in [0.15, 0.2) is 0 Å². The van der Waals surface area contributed by atoms with E-state index in [-0.39, 0.29) is 61.8 Å². The Bertz CT molecular complexity index is 3700. The normalized spacial score (nSPS) is 9.68. The topological polar surface area (TPSA) is 129 Å². The number of hydrogen-bond donors (Lipinski definition) is 0. The molecule has 80 heavy (non-hydrogen) atoms. The molecule has 0 radical (unpaired) electrons. The third-order valence-electron chi connectivity index (χ3n) is 12.0. The van der Waals surface area contributed by atoms with Crippen LogP contribution in [0.4, 0.5) is 17.1 Å². The summed E-state index contributed by atoms with van der Waals surface area (Å²) in [5, 5.41) is 32.9. The van der Waals surface area contributed by atoms with Gasteiger partial charge < -0.3 is 37.9 Å². The zero-order valence-electron chi connectivity index (χ0n) is 41.4. The Morgan fingerprint density at radius 1 is 0.275 bits per heavy atom. The maximum absolute atomic E-state index is 11.0. The van der Waals surface area contributed by atoms with Crippen molar-refractivity contribution in [3.8, 4) is 141 Å². The van der Waals surface area contributed by atoms with Gasteiger partial charge in [-0.2, -0.15) is 14.7 Å². The van der Waals surface area contributed by atoms with Gasteiger partial charge in [0.1, 0.15) is 0 Å². The van der Waals surface area contributed by atoms with Crippen LogP contribution >= 0.6 is 0 Å². The molecule has 0 aliphatic rings. The van der Waals surface area contributed by atoms with Crippen molar-refractivity contribution in [3.63, 3.8) is 0 Å². The van der Waals surface area contributed by atoms with Gasteiger partial charge in [0.05, 0.1) is 14.8 Å². The third-order valence-corrected chi connectivity index (χ3v) is 13.1. The van der Waals surface area contributed by atoms with Gasteiger partial charge >= 0.3 is 44.8 Å². The molecule has 9 aromatic rings. The van der Waals surface area contributed by atoms with Gasteiger partial charge in [-0.1, -0.05) is 90.1 Å². The number of terminal acetylenes is 6. The van der Waals surface area contributed by atoms with Crippen molar-refractivity contribution in [2.24, 2.45) is 0 Å². The molecule has 0 saturated carbocycles. The van der Waals surface area contributed by atoms with Crippen LogP contribution in [-0.4, -0.2) is 14.8 Å². The minimum atomic E-state index is -0.458. The van der Waals surface area contributed by atoms with E-state index >= 15 is 0 Å². The first-order valence-electron chi connectivity index (χ1n) is 23.0. The van der Waals surface area contributed by atoms with E-state index in [4.69, 9.17) is 76.4 Å². The van der Waals surface area contributed by atoms with Gasteiger partial charge in [0.2, 0.25) is 0 Å². The van der Waals surface area contributed by atoms with Crippen molar-refractivity contribution >= 4 is 54.9 Å². The Morgan fingerprint density at radius 3 is 0.662 bits per heavy atom. The maximum atomic E-state index is 11.0. The molecule has 9 aromatic carbocycles. The fourth-order valence-electron chi connectivity index (χ4n) is 8.10. The van der Waals surface area contributed by atoms with Gasteiger partial charge in [-0.3, -0.25) is 30.3 Å². The predicted molar refractivity (Wildman–Crippen MR) is 316 cm³/mol. The van der Waals surface area contributed by atoms with Crippen LogP contribution in [-0.2, 0) is 82.6 Å². The van der Waals surface area contributed by atoms with Crippen molar-refractivity contribution in [1.82, 2.24) is 0 Å². The second kappa shape index (κ2) is 28.3. The summed E-state index contributed by atoms with van der Waals surface area (Å²) in [4.78, 5) is 32.7. The first-order valence-corrected chi connectivity index (χ1v) is 24.2. The average Bonchev–Trinajstić information content (AvgIpc) is 3.48. The van der Waals surface area contributed by atoms with E-state index in [9.17, 15) is 30.3 Å². The van der Waals surface area contributed by atoms with Gasteiger partial charge in [-0.05, 0) is 176 Å². The standard InChI is InChI=1S/3C22H13NO2S.2Au/c3*1-3-15-5-8-17(9-6-15)21-13-16(4-2)7-11-19(21)20-12-10-18(23(24)25)14-22(20)26;;/h3*1-2,5-14,26H;;/q;;;2*+3/p-3. The minimum Gasteiger partial charge on any atom is -0.779 e. The zero-order chi connectivity index (χ0) is 56.0. The number of nitrogens with zero attached hydrogens (tertiary/aromatic N) is 3. The molecule has 14 heteroatoms. The number of nitro benzene ring substituents is 3. The van der Waals surface area contributed by atoms with Crippen molar-refractivity contribution in [2.45, 2.75) is 14.7 Å². The van der Waals surface area contributed by atoms with Crippen LogP contribution < -0.4 is 0 Å². The van der Waals surface area contributed by atoms with E-state index in [1.54, 1.807) is 18.2 Å². The van der Waals surface area contributed by atoms with Crippen molar-refractivity contribution in [2.75, 3.05) is 0 Å². The largest absolute Gasteiger partial charge is 3.00 e. The van der Waals surface area contributed by atoms with Crippen LogP contribution in [0, 0.1) is 104 Å². The Labute approximate surface area is 511 Å². The fourth-order valence-corrected chi connectivity index (χ4v) is 9.00. The maximum Gasteiger partial charge on any atom is 3.00 e. The monoisotopic (exact) mass is 1460 g/mol. The summed E-state index contributed by atoms with van der Waals surface area (Å²) in [6.07, 6.45) is 32.9. The Kier molecular flexibility index (Phi) is 21.8. The van der Waals surface area contributed by atoms with Crippen molar-refractivity contribution < 1.29 is 59.5 Å². The summed E-state index contributed by atoms with van der Waals surface area (Å²) in [5.41, 5.74) is 14.7. The van der Waals surface area contributed by atoms with E-state index in [2.05, 4.69) is 35.5 Å². The molecule has 0 heterocycles. The first-order chi connectivity index (χ1) is 37.6. The second-order valence-corrected chi connectivity index (χ2v) is 18.0. The molecule has 0 aliphatic heterocycles. The van der Waals surface area contributed by atoms with E-state index < -0.39 is 14.8 Å². The van der Waals surface area contributed by atoms with E-state index in [0.29, 0.717) is 14.7 Å². The van der Waals surface area contributed by atoms with Crippen LogP contribution in [0.1, 0.15) is 33.4 Å². The fraction of sp³-hybridized carbons (Fsp3) is 0. The van der Waals surface area contributed by atoms with E-state index in [1.165, 1.54) is 36.4 Å². The van der Waals surface area contributed by atoms with Gasteiger partial charge in [-0.25, -0.2) is 0 Å². The zero-order valence-corrected chi connectivity index (χ0v) is 48.2. The molecule has 0 atom stereocenters. The van der Waals surface area contributed by atoms with Crippen LogP contribution in [0.5, 0.6) is 0 Å². The summed E-state index contributed by atoms with van der Waals surface area (Å²) in [7, 11) is 0. The average molecular weight is 1460 g/mol. The summed E-state index contributed by atoms with van der Waals surface area (Å²) in [5.74, 6) is 15.7. The second-order valence-electron chi connectivity index (χ2n) is 16.7. The molecule has 0 unspecified atom stereocenters. The third kappa shape index (κ3) is 14.6. The molecule has 0 spiro atoms. The van der Waals surface area contributed by atoms with Crippen LogP contribution in [0.15, 0.2) is 197 Å². The molecule has 9 rings (SSSR count). The SMILES string of the molecule is C#Cc1ccc(-c2cc(C#C)ccc2-c2ccc([N+](=O)[O-])cc2[S-])cc1.C#Cc1ccc(-c2cc(C#C)ccc2-c2ccc([N+](=O)[O-])cc2[S-])cc1.C#Cc1ccc(-c2cc(C#C)ccc2-c2ccc([N+](=O)[O-])cc2[S-])cc1.[Au+3].[Au+3]. The minimum absolute atomic E-state index is 0. The Balaban J connectivity index is 0.000000218. The van der Waals surface area contributed by atoms with E-state index in [0.717, 1.165) is 100 Å². The quantitative estimate of drug-likeness (QED) is 0.0456. The van der Waals surface area contributed by atoms with Gasteiger partial charge in [0.25, 0.3) is 17.1 Å². The molecule has 0 N–H and O–H groups in total. The van der Waals surface area contributed by atoms with Crippen LogP contribution in [0.25, 0.3) is 66.8 Å². The number of non-ortho nitro benzene ring substituents is 3. The van der Waals surface area contributed by atoms with Crippen molar-refractivity contribution in [3.05, 3.63) is 246 Å². The molecule has 9 nitrogen and oxygen atoms in total. The summed E-state index contributed by atoms with van der Waals surface area (Å²) in [6, 6.07) is 53.0. The Morgan fingerprint density at radius 2 is 0.475 bits per heavy atom. The van der Waals surface area contributed by atoms with Crippen LogP contribution in [0.2, 0.25) is 0 Å². The molecule has 0 aliphatic carbocycles.